The van der Waals surface area contributed by atoms with E-state index < -0.39 is 26.1 Å². The first-order chi connectivity index (χ1) is 3.95. The number of ketones is 1. The zero-order valence-corrected chi connectivity index (χ0v) is 5.41. The van der Waals surface area contributed by atoms with E-state index in [1.807, 2.05) is 0 Å². The van der Waals surface area contributed by atoms with Crippen molar-refractivity contribution in [3.8, 4) is 0 Å². The minimum absolute atomic E-state index is 0.814. The molecule has 0 saturated heterocycles. The summed E-state index contributed by atoms with van der Waals surface area (Å²) in [6.45, 7) is -0.814. The Labute approximate surface area is 51.5 Å². The van der Waals surface area contributed by atoms with Gasteiger partial charge < -0.3 is 14.9 Å². The third-order valence-electron chi connectivity index (χ3n) is 0.559. The minimum atomic E-state index is -4.25. The van der Waals surface area contributed by atoms with Gasteiger partial charge in [0.15, 0.2) is 5.78 Å². The predicted molar refractivity (Wildman–Crippen MR) is 29.0 cm³/mol. The first kappa shape index (κ1) is 8.78. The van der Waals surface area contributed by atoms with Gasteiger partial charge in [0.1, 0.15) is 12.8 Å². The topological polar surface area (TPSA) is 94.8 Å². The van der Waals surface area contributed by atoms with Crippen molar-refractivity contribution in [1.82, 2.24) is 0 Å². The SMILES string of the molecule is O=C(CO)CP(=O)(O)O. The molecule has 0 fully saturated rings. The van der Waals surface area contributed by atoms with Crippen molar-refractivity contribution < 1.29 is 24.3 Å². The maximum atomic E-state index is 10.1. The molecule has 0 aromatic carbocycles. The molecule has 6 heteroatoms. The van der Waals surface area contributed by atoms with E-state index in [4.69, 9.17) is 14.9 Å². The first-order valence-corrected chi connectivity index (χ1v) is 3.92. The lowest BCUT2D eigenvalue weighted by atomic mass is 10.5. The second-order valence-corrected chi connectivity index (χ2v) is 3.17. The highest BCUT2D eigenvalue weighted by molar-refractivity contribution is 7.52. The van der Waals surface area contributed by atoms with Crippen molar-refractivity contribution in [3.63, 3.8) is 0 Å². The summed E-state index contributed by atoms with van der Waals surface area (Å²) in [7, 11) is -4.25. The maximum Gasteiger partial charge on any atom is 0.333 e. The van der Waals surface area contributed by atoms with Gasteiger partial charge in [-0.15, -0.1) is 0 Å². The van der Waals surface area contributed by atoms with Crippen LogP contribution in [0.5, 0.6) is 0 Å². The van der Waals surface area contributed by atoms with Gasteiger partial charge in [-0.25, -0.2) is 0 Å². The van der Waals surface area contributed by atoms with E-state index in [9.17, 15) is 9.36 Å². The summed E-state index contributed by atoms with van der Waals surface area (Å²) < 4.78 is 9.96. The van der Waals surface area contributed by atoms with E-state index in [0.29, 0.717) is 0 Å². The van der Waals surface area contributed by atoms with E-state index in [-0.39, 0.29) is 0 Å². The van der Waals surface area contributed by atoms with Gasteiger partial charge >= 0.3 is 7.60 Å². The van der Waals surface area contributed by atoms with E-state index in [1.165, 1.54) is 0 Å². The Morgan fingerprint density at radius 3 is 2.00 bits per heavy atom. The van der Waals surface area contributed by atoms with Crippen molar-refractivity contribution in [2.75, 3.05) is 12.8 Å². The summed E-state index contributed by atoms with van der Waals surface area (Å²) in [6.07, 6.45) is -0.872. The van der Waals surface area contributed by atoms with Gasteiger partial charge in [-0.1, -0.05) is 0 Å². The molecule has 3 N–H and O–H groups in total. The van der Waals surface area contributed by atoms with Gasteiger partial charge in [0, 0.05) is 0 Å². The number of hydrogen-bond acceptors (Lipinski definition) is 3. The van der Waals surface area contributed by atoms with Crippen LogP contribution in [0.3, 0.4) is 0 Å². The number of hydrogen-bond donors (Lipinski definition) is 3. The van der Waals surface area contributed by atoms with Crippen molar-refractivity contribution in [1.29, 1.82) is 0 Å². The largest absolute Gasteiger partial charge is 0.389 e. The van der Waals surface area contributed by atoms with Gasteiger partial charge in [0.2, 0.25) is 0 Å². The van der Waals surface area contributed by atoms with Gasteiger partial charge in [-0.2, -0.15) is 0 Å². The number of aliphatic hydroxyl groups excluding tert-OH is 1. The molecule has 0 spiro atoms. The van der Waals surface area contributed by atoms with E-state index in [1.54, 1.807) is 0 Å². The molecule has 0 atom stereocenters. The lowest BCUT2D eigenvalue weighted by molar-refractivity contribution is -0.119. The second kappa shape index (κ2) is 3.08. The van der Waals surface area contributed by atoms with Crippen LogP contribution in [0.25, 0.3) is 0 Å². The van der Waals surface area contributed by atoms with Crippen LogP contribution in [0.4, 0.5) is 0 Å². The normalized spacial score (nSPS) is 11.4. The fourth-order valence-electron chi connectivity index (χ4n) is 0.280. The number of carbonyl (C=O) groups is 1. The summed E-state index contributed by atoms with van der Waals surface area (Å²) in [6, 6.07) is 0. The number of aliphatic hydroxyl groups is 1. The van der Waals surface area contributed by atoms with Gasteiger partial charge in [-0.3, -0.25) is 9.36 Å². The Kier molecular flexibility index (Phi) is 3.00. The van der Waals surface area contributed by atoms with Crippen LogP contribution in [0, 0.1) is 0 Å². The zero-order valence-electron chi connectivity index (χ0n) is 4.52. The molecule has 0 aliphatic carbocycles. The average Bonchev–Trinajstić information content (AvgIpc) is 1.62. The molecule has 54 valence electrons. The molecule has 0 saturated carbocycles. The third-order valence-corrected chi connectivity index (χ3v) is 1.32. The molecule has 9 heavy (non-hydrogen) atoms. The lowest BCUT2D eigenvalue weighted by Gasteiger charge is -1.98. The lowest BCUT2D eigenvalue weighted by Crippen LogP contribution is -2.09. The first-order valence-electron chi connectivity index (χ1n) is 2.13. The van der Waals surface area contributed by atoms with Gasteiger partial charge in [0.25, 0.3) is 0 Å². The highest BCUT2D eigenvalue weighted by atomic mass is 31.2. The van der Waals surface area contributed by atoms with Gasteiger partial charge in [0.05, 0.1) is 0 Å². The molecule has 0 heterocycles. The van der Waals surface area contributed by atoms with E-state index >= 15 is 0 Å². The van der Waals surface area contributed by atoms with Gasteiger partial charge in [-0.05, 0) is 0 Å². The Morgan fingerprint density at radius 2 is 1.89 bits per heavy atom. The smallest absolute Gasteiger partial charge is 0.333 e. The highest BCUT2D eigenvalue weighted by Gasteiger charge is 2.17. The monoisotopic (exact) mass is 154 g/mol. The van der Waals surface area contributed by atoms with Crippen LogP contribution in [0.2, 0.25) is 0 Å². The van der Waals surface area contributed by atoms with Crippen LogP contribution in [-0.2, 0) is 9.36 Å². The molecule has 0 aliphatic rings. The summed E-state index contributed by atoms with van der Waals surface area (Å²) in [4.78, 5) is 26.3. The number of Topliss-reactive ketones (excluding diaryl/α,β-unsaturated/α-hetero) is 1. The summed E-state index contributed by atoms with van der Waals surface area (Å²) in [5.41, 5.74) is 0. The Hall–Kier alpha value is -0.220. The molecule has 0 unspecified atom stereocenters. The Bertz CT molecular complexity index is 146. The Balaban J connectivity index is 3.75. The molecular formula is C3H7O5P. The maximum absolute atomic E-state index is 10.1. The fourth-order valence-corrected chi connectivity index (χ4v) is 0.839. The van der Waals surface area contributed by atoms with Crippen molar-refractivity contribution in [2.45, 2.75) is 0 Å². The molecule has 0 aromatic heterocycles. The average molecular weight is 154 g/mol. The molecule has 0 aromatic rings. The molecule has 0 bridgehead atoms. The molecule has 0 rings (SSSR count). The predicted octanol–water partition coefficient (Wildman–Crippen LogP) is -1.27. The van der Waals surface area contributed by atoms with Crippen LogP contribution in [-0.4, -0.2) is 33.4 Å². The fraction of sp³-hybridized carbons (Fsp3) is 0.667. The van der Waals surface area contributed by atoms with Crippen molar-refractivity contribution in [2.24, 2.45) is 0 Å². The van der Waals surface area contributed by atoms with Crippen molar-refractivity contribution in [3.05, 3.63) is 0 Å². The van der Waals surface area contributed by atoms with Crippen LogP contribution in [0.15, 0.2) is 0 Å². The second-order valence-electron chi connectivity index (χ2n) is 1.52. The summed E-state index contributed by atoms with van der Waals surface area (Å²) >= 11 is 0. The van der Waals surface area contributed by atoms with Crippen LogP contribution in [0.1, 0.15) is 0 Å². The molecular weight excluding hydrogens is 147 g/mol. The summed E-state index contributed by atoms with van der Waals surface area (Å²) in [5, 5.41) is 8.01. The molecule has 5 nitrogen and oxygen atoms in total. The van der Waals surface area contributed by atoms with E-state index in [2.05, 4.69) is 0 Å². The van der Waals surface area contributed by atoms with Crippen molar-refractivity contribution >= 4 is 13.4 Å². The molecule has 0 amide bonds. The summed E-state index contributed by atoms with van der Waals surface area (Å²) in [5.74, 6) is -0.844. The number of carbonyl (C=O) groups excluding carboxylic acids is 1. The molecule has 0 aliphatic heterocycles. The Morgan fingerprint density at radius 1 is 1.44 bits per heavy atom. The van der Waals surface area contributed by atoms with E-state index in [0.717, 1.165) is 0 Å². The highest BCUT2D eigenvalue weighted by Crippen LogP contribution is 2.33. The quantitative estimate of drug-likeness (QED) is 0.440. The molecule has 0 radical (unpaired) electrons. The number of rotatable bonds is 3. The third kappa shape index (κ3) is 5.65. The standard InChI is InChI=1S/C3H7O5P/c4-1-3(5)2-9(6,7)8/h4H,1-2H2,(H2,6,7,8). The van der Waals surface area contributed by atoms with Crippen LogP contribution < -0.4 is 0 Å². The van der Waals surface area contributed by atoms with Crippen LogP contribution >= 0.6 is 7.60 Å². The minimum Gasteiger partial charge on any atom is -0.389 e. The zero-order chi connectivity index (χ0) is 7.49.